The zero-order chi connectivity index (χ0) is 14.7. The van der Waals surface area contributed by atoms with Gasteiger partial charge < -0.3 is 15.2 Å². The molecule has 0 aromatic heterocycles. The first-order valence-corrected chi connectivity index (χ1v) is 8.63. The summed E-state index contributed by atoms with van der Waals surface area (Å²) in [5.74, 6) is 0. The van der Waals surface area contributed by atoms with Crippen LogP contribution in [-0.2, 0) is 4.74 Å². The molecule has 0 aliphatic heterocycles. The summed E-state index contributed by atoms with van der Waals surface area (Å²) in [5.41, 5.74) is 0.443. The first kappa shape index (κ1) is 17.9. The van der Waals surface area contributed by atoms with E-state index in [1.54, 1.807) is 0 Å². The summed E-state index contributed by atoms with van der Waals surface area (Å²) in [6.45, 7) is 7.52. The fraction of sp³-hybridized carbons (Fsp3) is 1.00. The molecule has 1 aliphatic carbocycles. The lowest BCUT2D eigenvalue weighted by Gasteiger charge is -2.34. The first-order chi connectivity index (χ1) is 9.66. The highest BCUT2D eigenvalue weighted by molar-refractivity contribution is 4.80. The second-order valence-electron chi connectivity index (χ2n) is 6.79. The highest BCUT2D eigenvalue weighted by Gasteiger charge is 2.26. The quantitative estimate of drug-likeness (QED) is 0.571. The van der Waals surface area contributed by atoms with Gasteiger partial charge in [-0.2, -0.15) is 0 Å². The molecule has 120 valence electrons. The summed E-state index contributed by atoms with van der Waals surface area (Å²) in [6, 6.07) is 0. The Bertz CT molecular complexity index is 227. The molecule has 0 saturated heterocycles. The zero-order valence-electron chi connectivity index (χ0n) is 13.6. The van der Waals surface area contributed by atoms with Crippen molar-refractivity contribution >= 4 is 0 Å². The maximum atomic E-state index is 9.88. The zero-order valence-corrected chi connectivity index (χ0v) is 13.6. The SMILES string of the molecule is CCCCCCOCC(O)CNCC1(C)CCCCC1. The van der Waals surface area contributed by atoms with Crippen LogP contribution in [0.3, 0.4) is 0 Å². The van der Waals surface area contributed by atoms with Gasteiger partial charge in [0.1, 0.15) is 0 Å². The summed E-state index contributed by atoms with van der Waals surface area (Å²) in [5, 5.41) is 13.3. The monoisotopic (exact) mass is 285 g/mol. The highest BCUT2D eigenvalue weighted by Crippen LogP contribution is 2.34. The van der Waals surface area contributed by atoms with Crippen LogP contribution in [0.1, 0.15) is 71.6 Å². The molecular weight excluding hydrogens is 250 g/mol. The summed E-state index contributed by atoms with van der Waals surface area (Å²) in [6.07, 6.45) is 11.3. The number of aliphatic hydroxyl groups excluding tert-OH is 1. The lowest BCUT2D eigenvalue weighted by molar-refractivity contribution is 0.0336. The Morgan fingerprint density at radius 1 is 1.15 bits per heavy atom. The Labute approximate surface area is 125 Å². The van der Waals surface area contributed by atoms with E-state index in [0.29, 0.717) is 18.6 Å². The average Bonchev–Trinajstić information content (AvgIpc) is 2.43. The molecule has 0 aromatic rings. The van der Waals surface area contributed by atoms with Crippen molar-refractivity contribution in [2.45, 2.75) is 77.7 Å². The van der Waals surface area contributed by atoms with Crippen LogP contribution in [-0.4, -0.2) is 37.5 Å². The minimum Gasteiger partial charge on any atom is -0.389 e. The maximum absolute atomic E-state index is 9.88. The van der Waals surface area contributed by atoms with Gasteiger partial charge in [-0.15, -0.1) is 0 Å². The molecule has 3 nitrogen and oxygen atoms in total. The minimum absolute atomic E-state index is 0.367. The van der Waals surface area contributed by atoms with Crippen molar-refractivity contribution in [3.8, 4) is 0 Å². The van der Waals surface area contributed by atoms with Crippen LogP contribution in [0.5, 0.6) is 0 Å². The second kappa shape index (κ2) is 10.6. The number of unbranched alkanes of at least 4 members (excludes halogenated alkanes) is 3. The largest absolute Gasteiger partial charge is 0.389 e. The fourth-order valence-corrected chi connectivity index (χ4v) is 3.03. The van der Waals surface area contributed by atoms with E-state index < -0.39 is 0 Å². The Kier molecular flexibility index (Phi) is 9.49. The lowest BCUT2D eigenvalue weighted by atomic mass is 9.76. The molecule has 1 unspecified atom stereocenters. The predicted molar refractivity (Wildman–Crippen MR) is 85.0 cm³/mol. The number of hydrogen-bond acceptors (Lipinski definition) is 3. The molecule has 2 N–H and O–H groups in total. The molecule has 1 aliphatic rings. The third-order valence-corrected chi connectivity index (χ3v) is 4.44. The van der Waals surface area contributed by atoms with Gasteiger partial charge in [0, 0.05) is 19.7 Å². The van der Waals surface area contributed by atoms with Crippen LogP contribution < -0.4 is 5.32 Å². The van der Waals surface area contributed by atoms with E-state index in [9.17, 15) is 5.11 Å². The molecule has 20 heavy (non-hydrogen) atoms. The number of aliphatic hydroxyl groups is 1. The van der Waals surface area contributed by atoms with Gasteiger partial charge in [-0.05, 0) is 24.7 Å². The van der Waals surface area contributed by atoms with E-state index in [4.69, 9.17) is 4.74 Å². The Morgan fingerprint density at radius 2 is 1.90 bits per heavy atom. The standard InChI is InChI=1S/C17H35NO2/c1-3-4-5-9-12-20-14-16(19)13-18-15-17(2)10-7-6-8-11-17/h16,18-19H,3-15H2,1-2H3. The number of ether oxygens (including phenoxy) is 1. The van der Waals surface area contributed by atoms with Gasteiger partial charge in [-0.25, -0.2) is 0 Å². The maximum Gasteiger partial charge on any atom is 0.0897 e. The van der Waals surface area contributed by atoms with Crippen molar-refractivity contribution < 1.29 is 9.84 Å². The number of nitrogens with one attached hydrogen (secondary N) is 1. The second-order valence-corrected chi connectivity index (χ2v) is 6.79. The van der Waals surface area contributed by atoms with Crippen molar-refractivity contribution in [3.63, 3.8) is 0 Å². The van der Waals surface area contributed by atoms with Gasteiger partial charge in [0.05, 0.1) is 12.7 Å². The summed E-state index contributed by atoms with van der Waals surface area (Å²) in [7, 11) is 0. The summed E-state index contributed by atoms with van der Waals surface area (Å²) < 4.78 is 5.52. The van der Waals surface area contributed by atoms with Crippen molar-refractivity contribution in [3.05, 3.63) is 0 Å². The first-order valence-electron chi connectivity index (χ1n) is 8.63. The minimum atomic E-state index is -0.367. The van der Waals surface area contributed by atoms with Gasteiger partial charge in [-0.3, -0.25) is 0 Å². The van der Waals surface area contributed by atoms with E-state index in [-0.39, 0.29) is 6.10 Å². The normalized spacial score (nSPS) is 19.9. The van der Waals surface area contributed by atoms with Crippen LogP contribution in [0.25, 0.3) is 0 Å². The topological polar surface area (TPSA) is 41.5 Å². The molecule has 0 bridgehead atoms. The van der Waals surface area contributed by atoms with E-state index >= 15 is 0 Å². The lowest BCUT2D eigenvalue weighted by Crippen LogP contribution is -2.38. The summed E-state index contributed by atoms with van der Waals surface area (Å²) in [4.78, 5) is 0. The van der Waals surface area contributed by atoms with Crippen molar-refractivity contribution in [2.24, 2.45) is 5.41 Å². The van der Waals surface area contributed by atoms with Gasteiger partial charge in [0.2, 0.25) is 0 Å². The van der Waals surface area contributed by atoms with Crippen molar-refractivity contribution in [2.75, 3.05) is 26.3 Å². The molecule has 1 fully saturated rings. The highest BCUT2D eigenvalue weighted by atomic mass is 16.5. The van der Waals surface area contributed by atoms with E-state index in [1.807, 2.05) is 0 Å². The van der Waals surface area contributed by atoms with E-state index in [1.165, 1.54) is 51.4 Å². The molecule has 0 amide bonds. The molecule has 3 heteroatoms. The van der Waals surface area contributed by atoms with Crippen LogP contribution in [0.15, 0.2) is 0 Å². The van der Waals surface area contributed by atoms with Crippen molar-refractivity contribution in [1.29, 1.82) is 0 Å². The van der Waals surface area contributed by atoms with Crippen LogP contribution in [0.2, 0.25) is 0 Å². The van der Waals surface area contributed by atoms with E-state index in [0.717, 1.165) is 19.6 Å². The molecule has 0 radical (unpaired) electrons. The molecule has 1 rings (SSSR count). The Hall–Kier alpha value is -0.120. The number of hydrogen-bond donors (Lipinski definition) is 2. The third-order valence-electron chi connectivity index (χ3n) is 4.44. The predicted octanol–water partition coefficient (Wildman–Crippen LogP) is 3.50. The summed E-state index contributed by atoms with van der Waals surface area (Å²) >= 11 is 0. The van der Waals surface area contributed by atoms with Gasteiger partial charge in [-0.1, -0.05) is 52.4 Å². The molecular formula is C17H35NO2. The van der Waals surface area contributed by atoms with Gasteiger partial charge in [0.15, 0.2) is 0 Å². The van der Waals surface area contributed by atoms with E-state index in [2.05, 4.69) is 19.2 Å². The third kappa shape index (κ3) is 8.23. The van der Waals surface area contributed by atoms with Crippen LogP contribution in [0.4, 0.5) is 0 Å². The Morgan fingerprint density at radius 3 is 2.60 bits per heavy atom. The van der Waals surface area contributed by atoms with Gasteiger partial charge >= 0.3 is 0 Å². The molecule has 1 atom stereocenters. The fourth-order valence-electron chi connectivity index (χ4n) is 3.03. The van der Waals surface area contributed by atoms with Crippen LogP contribution in [0, 0.1) is 5.41 Å². The number of rotatable bonds is 11. The average molecular weight is 285 g/mol. The van der Waals surface area contributed by atoms with Gasteiger partial charge in [0.25, 0.3) is 0 Å². The molecule has 0 spiro atoms. The smallest absolute Gasteiger partial charge is 0.0897 e. The molecule has 0 heterocycles. The Balaban J connectivity index is 1.95. The van der Waals surface area contributed by atoms with Crippen molar-refractivity contribution in [1.82, 2.24) is 5.32 Å². The van der Waals surface area contributed by atoms with Crippen LogP contribution >= 0.6 is 0 Å². The molecule has 1 saturated carbocycles. The molecule has 0 aromatic carbocycles.